The van der Waals surface area contributed by atoms with Gasteiger partial charge in [-0.25, -0.2) is 0 Å². The summed E-state index contributed by atoms with van der Waals surface area (Å²) in [5.74, 6) is 0.150. The maximum atomic E-state index is 11.3. The molecule has 1 amide bonds. The summed E-state index contributed by atoms with van der Waals surface area (Å²) in [6.07, 6.45) is 0.626. The normalized spacial score (nSPS) is 23.4. The number of aliphatic hydroxyl groups is 1. The third-order valence-corrected chi connectivity index (χ3v) is 2.72. The molecule has 5 nitrogen and oxygen atoms in total. The van der Waals surface area contributed by atoms with Crippen molar-refractivity contribution in [3.8, 4) is 6.07 Å². The van der Waals surface area contributed by atoms with E-state index in [9.17, 15) is 9.90 Å². The van der Waals surface area contributed by atoms with Gasteiger partial charge in [0.05, 0.1) is 18.7 Å². The van der Waals surface area contributed by atoms with Gasteiger partial charge in [-0.2, -0.15) is 5.26 Å². The molecule has 0 spiro atoms. The first-order valence-corrected chi connectivity index (χ1v) is 5.17. The Morgan fingerprint density at radius 1 is 1.80 bits per heavy atom. The smallest absolute Gasteiger partial charge is 0.235 e. The van der Waals surface area contributed by atoms with Gasteiger partial charge in [-0.05, 0) is 25.8 Å². The fourth-order valence-corrected chi connectivity index (χ4v) is 1.80. The second-order valence-electron chi connectivity index (χ2n) is 3.96. The molecule has 0 aliphatic carbocycles. The van der Waals surface area contributed by atoms with E-state index >= 15 is 0 Å². The average Bonchev–Trinajstić information content (AvgIpc) is 2.63. The summed E-state index contributed by atoms with van der Waals surface area (Å²) in [6, 6.07) is 1.86. The summed E-state index contributed by atoms with van der Waals surface area (Å²) in [7, 11) is 0. The minimum absolute atomic E-state index is 0.0620. The highest BCUT2D eigenvalue weighted by atomic mass is 16.3. The molecule has 0 bridgehead atoms. The van der Waals surface area contributed by atoms with Gasteiger partial charge in [0, 0.05) is 6.54 Å². The molecule has 0 aromatic carbocycles. The molecule has 0 saturated carbocycles. The van der Waals surface area contributed by atoms with Gasteiger partial charge in [0.25, 0.3) is 0 Å². The van der Waals surface area contributed by atoms with Crippen molar-refractivity contribution in [3.63, 3.8) is 0 Å². The van der Waals surface area contributed by atoms with Gasteiger partial charge < -0.3 is 10.4 Å². The number of hydrogen-bond acceptors (Lipinski definition) is 4. The summed E-state index contributed by atoms with van der Waals surface area (Å²) in [5, 5.41) is 20.2. The van der Waals surface area contributed by atoms with E-state index in [1.54, 1.807) is 6.92 Å². The number of nitriles is 1. The molecule has 1 heterocycles. The van der Waals surface area contributed by atoms with Crippen molar-refractivity contribution >= 4 is 5.91 Å². The first-order chi connectivity index (χ1) is 7.13. The van der Waals surface area contributed by atoms with Crippen LogP contribution in [-0.4, -0.2) is 48.2 Å². The lowest BCUT2D eigenvalue weighted by Gasteiger charge is -2.16. The zero-order chi connectivity index (χ0) is 11.3. The van der Waals surface area contributed by atoms with Gasteiger partial charge >= 0.3 is 0 Å². The fourth-order valence-electron chi connectivity index (χ4n) is 1.80. The molecular formula is C10H17N3O2. The number of carbonyl (C=O) groups excluding carboxylic acids is 1. The Hall–Kier alpha value is -1.12. The lowest BCUT2D eigenvalue weighted by Crippen LogP contribution is -2.36. The monoisotopic (exact) mass is 211 g/mol. The van der Waals surface area contributed by atoms with Crippen molar-refractivity contribution in [1.29, 1.82) is 5.26 Å². The Bertz CT molecular complexity index is 260. The van der Waals surface area contributed by atoms with Gasteiger partial charge in [0.15, 0.2) is 0 Å². The predicted molar refractivity (Wildman–Crippen MR) is 54.9 cm³/mol. The van der Waals surface area contributed by atoms with Crippen molar-refractivity contribution in [2.45, 2.75) is 19.4 Å². The lowest BCUT2D eigenvalue weighted by molar-refractivity contribution is -0.121. The molecule has 0 radical (unpaired) electrons. The number of likely N-dealkylation sites (tertiary alicyclic amines) is 1. The highest BCUT2D eigenvalue weighted by Crippen LogP contribution is 2.18. The van der Waals surface area contributed by atoms with E-state index in [-0.39, 0.29) is 24.5 Å². The van der Waals surface area contributed by atoms with Crippen molar-refractivity contribution in [2.75, 3.05) is 26.2 Å². The summed E-state index contributed by atoms with van der Waals surface area (Å²) in [6.45, 7) is 3.77. The van der Waals surface area contributed by atoms with Gasteiger partial charge in [-0.15, -0.1) is 0 Å². The molecule has 2 unspecified atom stereocenters. The van der Waals surface area contributed by atoms with Crippen LogP contribution in [0.5, 0.6) is 0 Å². The number of nitrogens with one attached hydrogen (secondary N) is 1. The van der Waals surface area contributed by atoms with Crippen molar-refractivity contribution in [1.82, 2.24) is 10.2 Å². The highest BCUT2D eigenvalue weighted by Gasteiger charge is 2.26. The molecule has 5 heteroatoms. The van der Waals surface area contributed by atoms with E-state index in [1.807, 2.05) is 11.0 Å². The van der Waals surface area contributed by atoms with Crippen LogP contribution in [-0.2, 0) is 4.79 Å². The number of amides is 1. The van der Waals surface area contributed by atoms with Crippen molar-refractivity contribution in [3.05, 3.63) is 0 Å². The van der Waals surface area contributed by atoms with E-state index in [0.29, 0.717) is 6.54 Å². The molecular weight excluding hydrogens is 194 g/mol. The third-order valence-electron chi connectivity index (χ3n) is 2.72. The van der Waals surface area contributed by atoms with Crippen LogP contribution < -0.4 is 5.32 Å². The second-order valence-corrected chi connectivity index (χ2v) is 3.96. The molecule has 0 aromatic heterocycles. The molecule has 84 valence electrons. The van der Waals surface area contributed by atoms with Crippen molar-refractivity contribution in [2.24, 2.45) is 5.92 Å². The SMILES string of the molecule is CC(O)C1CCN(CC(=O)NCC#N)C1. The third kappa shape index (κ3) is 3.86. The zero-order valence-corrected chi connectivity index (χ0v) is 8.94. The summed E-state index contributed by atoms with van der Waals surface area (Å²) in [4.78, 5) is 13.3. The highest BCUT2D eigenvalue weighted by molar-refractivity contribution is 5.78. The van der Waals surface area contributed by atoms with Gasteiger partial charge in [0.2, 0.25) is 5.91 Å². The first kappa shape index (κ1) is 12.0. The maximum Gasteiger partial charge on any atom is 0.235 e. The van der Waals surface area contributed by atoms with Gasteiger partial charge in [-0.3, -0.25) is 9.69 Å². The van der Waals surface area contributed by atoms with E-state index < -0.39 is 0 Å². The zero-order valence-electron chi connectivity index (χ0n) is 8.94. The van der Waals surface area contributed by atoms with E-state index in [1.165, 1.54) is 0 Å². The quantitative estimate of drug-likeness (QED) is 0.605. The topological polar surface area (TPSA) is 76.4 Å². The van der Waals surface area contributed by atoms with Gasteiger partial charge in [-0.1, -0.05) is 0 Å². The fraction of sp³-hybridized carbons (Fsp3) is 0.800. The number of aliphatic hydroxyl groups excluding tert-OH is 1. The van der Waals surface area contributed by atoms with Crippen LogP contribution in [0, 0.1) is 17.2 Å². The molecule has 2 N–H and O–H groups in total. The molecule has 1 aliphatic rings. The van der Waals surface area contributed by atoms with Crippen LogP contribution in [0.4, 0.5) is 0 Å². The molecule has 1 saturated heterocycles. The standard InChI is InChI=1S/C10H17N3O2/c1-8(14)9-2-5-13(6-9)7-10(15)12-4-3-11/h8-9,14H,2,4-7H2,1H3,(H,12,15). The van der Waals surface area contributed by atoms with E-state index in [2.05, 4.69) is 5.32 Å². The summed E-state index contributed by atoms with van der Waals surface area (Å²) >= 11 is 0. The van der Waals surface area contributed by atoms with Gasteiger partial charge in [0.1, 0.15) is 6.54 Å². The largest absolute Gasteiger partial charge is 0.393 e. The Morgan fingerprint density at radius 2 is 2.53 bits per heavy atom. The minimum Gasteiger partial charge on any atom is -0.393 e. The molecule has 2 atom stereocenters. The number of rotatable bonds is 4. The van der Waals surface area contributed by atoms with Crippen LogP contribution in [0.15, 0.2) is 0 Å². The molecule has 1 aliphatic heterocycles. The Morgan fingerprint density at radius 3 is 3.07 bits per heavy atom. The molecule has 0 aromatic rings. The Labute approximate surface area is 89.7 Å². The van der Waals surface area contributed by atoms with Crippen LogP contribution in [0.3, 0.4) is 0 Å². The van der Waals surface area contributed by atoms with Crippen LogP contribution in [0.2, 0.25) is 0 Å². The second kappa shape index (κ2) is 5.69. The lowest BCUT2D eigenvalue weighted by atomic mass is 10.0. The number of nitrogens with zero attached hydrogens (tertiary/aromatic N) is 2. The molecule has 1 rings (SSSR count). The maximum absolute atomic E-state index is 11.3. The van der Waals surface area contributed by atoms with Crippen LogP contribution >= 0.6 is 0 Å². The average molecular weight is 211 g/mol. The van der Waals surface area contributed by atoms with E-state index in [4.69, 9.17) is 5.26 Å². The Kier molecular flexibility index (Phi) is 4.53. The Balaban J connectivity index is 2.24. The molecule has 15 heavy (non-hydrogen) atoms. The minimum atomic E-state index is -0.308. The van der Waals surface area contributed by atoms with Crippen LogP contribution in [0.1, 0.15) is 13.3 Å². The number of hydrogen-bond donors (Lipinski definition) is 2. The summed E-state index contributed by atoms with van der Waals surface area (Å²) < 4.78 is 0. The first-order valence-electron chi connectivity index (χ1n) is 5.17. The summed E-state index contributed by atoms with van der Waals surface area (Å²) in [5.41, 5.74) is 0. The van der Waals surface area contributed by atoms with E-state index in [0.717, 1.165) is 19.5 Å². The predicted octanol–water partition coefficient (Wildman–Crippen LogP) is -0.671. The van der Waals surface area contributed by atoms with Crippen molar-refractivity contribution < 1.29 is 9.90 Å². The van der Waals surface area contributed by atoms with Crippen LogP contribution in [0.25, 0.3) is 0 Å². The molecule has 1 fully saturated rings. The number of carbonyl (C=O) groups is 1.